The quantitative estimate of drug-likeness (QED) is 0.468. The summed E-state index contributed by atoms with van der Waals surface area (Å²) in [6.45, 7) is 2.36. The van der Waals surface area contributed by atoms with Gasteiger partial charge in [0.2, 0.25) is 0 Å². The molecule has 9 heavy (non-hydrogen) atoms. The van der Waals surface area contributed by atoms with Gasteiger partial charge in [0.25, 0.3) is 0 Å². The zero-order valence-electron chi connectivity index (χ0n) is 5.22. The largest absolute Gasteiger partial charge is 0.394 e. The fourth-order valence-electron chi connectivity index (χ4n) is 0.202. The smallest absolute Gasteiger partial charge is 0.310 e. The predicted molar refractivity (Wildman–Crippen MR) is 22.4 cm³/mol. The first-order chi connectivity index (χ1) is 3.13. The molecular formula is C4H6O3Zr2. The van der Waals surface area contributed by atoms with E-state index in [0.29, 0.717) is 0 Å². The van der Waals surface area contributed by atoms with Crippen LogP contribution in [0.5, 0.6) is 0 Å². The second-order valence-electron chi connectivity index (χ2n) is 1.09. The molecule has 0 heterocycles. The Balaban J connectivity index is -0.000000180. The summed E-state index contributed by atoms with van der Waals surface area (Å²) >= 11 is 0. The third-order valence-electron chi connectivity index (χ3n) is 0.287. The minimum Gasteiger partial charge on any atom is -0.394 e. The van der Waals surface area contributed by atoms with Crippen molar-refractivity contribution in [2.75, 3.05) is 0 Å². The van der Waals surface area contributed by atoms with Crippen LogP contribution in [-0.2, 0) is 66.7 Å². The van der Waals surface area contributed by atoms with Gasteiger partial charge in [-0.15, -0.1) is 0 Å². The Morgan fingerprint density at radius 3 is 1.22 bits per heavy atom. The van der Waals surface area contributed by atoms with Gasteiger partial charge >= 0.3 is 11.9 Å². The van der Waals surface area contributed by atoms with Gasteiger partial charge in [-0.3, -0.25) is 9.59 Å². The van der Waals surface area contributed by atoms with Crippen molar-refractivity contribution in [3.05, 3.63) is 0 Å². The van der Waals surface area contributed by atoms with Crippen molar-refractivity contribution in [3.63, 3.8) is 0 Å². The van der Waals surface area contributed by atoms with Crippen molar-refractivity contribution in [1.82, 2.24) is 0 Å². The van der Waals surface area contributed by atoms with Crippen LogP contribution in [0, 0.1) is 0 Å². The molecule has 0 saturated carbocycles. The molecule has 0 aliphatic carbocycles. The van der Waals surface area contributed by atoms with Crippen molar-refractivity contribution < 1.29 is 66.7 Å². The van der Waals surface area contributed by atoms with Crippen LogP contribution in [0.15, 0.2) is 0 Å². The molecule has 0 aromatic heterocycles. The number of rotatable bonds is 0. The summed E-state index contributed by atoms with van der Waals surface area (Å²) in [6, 6.07) is 0. The molecule has 0 N–H and O–H groups in total. The molecule has 0 aromatic carbocycles. The number of hydrogen-bond acceptors (Lipinski definition) is 3. The van der Waals surface area contributed by atoms with E-state index < -0.39 is 11.9 Å². The normalized spacial score (nSPS) is 6.00. The van der Waals surface area contributed by atoms with E-state index in [1.807, 2.05) is 0 Å². The number of esters is 2. The van der Waals surface area contributed by atoms with Gasteiger partial charge in [-0.2, -0.15) is 0 Å². The Hall–Kier alpha value is 0.906. The molecule has 0 saturated heterocycles. The van der Waals surface area contributed by atoms with E-state index in [2.05, 4.69) is 4.74 Å². The molecule has 48 valence electrons. The Morgan fingerprint density at radius 2 is 1.22 bits per heavy atom. The Kier molecular flexibility index (Phi) is 16.3. The van der Waals surface area contributed by atoms with Crippen LogP contribution in [0.3, 0.4) is 0 Å². The van der Waals surface area contributed by atoms with Crippen LogP contribution in [0.2, 0.25) is 0 Å². The van der Waals surface area contributed by atoms with Crippen LogP contribution in [-0.4, -0.2) is 11.9 Å². The molecule has 0 bridgehead atoms. The molecular weight excluding hydrogens is 278 g/mol. The summed E-state index contributed by atoms with van der Waals surface area (Å²) < 4.78 is 3.97. The standard InChI is InChI=1S/C4H6O3.2Zr/c1-3(5)7-4(2)6;;/h1-2H3;;. The van der Waals surface area contributed by atoms with E-state index in [1.54, 1.807) is 0 Å². The molecule has 0 amide bonds. The third kappa shape index (κ3) is 17.6. The van der Waals surface area contributed by atoms with Gasteiger partial charge in [-0.25, -0.2) is 0 Å². The fourth-order valence-corrected chi connectivity index (χ4v) is 0.202. The third-order valence-corrected chi connectivity index (χ3v) is 0.287. The maximum Gasteiger partial charge on any atom is 0.310 e. The summed E-state index contributed by atoms with van der Waals surface area (Å²) in [5, 5.41) is 0. The van der Waals surface area contributed by atoms with Crippen LogP contribution in [0.1, 0.15) is 13.8 Å². The van der Waals surface area contributed by atoms with Crippen molar-refractivity contribution >= 4 is 11.9 Å². The number of carbonyl (C=O) groups excluding carboxylic acids is 2. The molecule has 5 heteroatoms. The Morgan fingerprint density at radius 1 is 1.00 bits per heavy atom. The maximum atomic E-state index is 9.81. The minimum absolute atomic E-state index is 0. The summed E-state index contributed by atoms with van der Waals surface area (Å²) in [5.74, 6) is -1.12. The van der Waals surface area contributed by atoms with Gasteiger partial charge < -0.3 is 4.74 Å². The van der Waals surface area contributed by atoms with Crippen molar-refractivity contribution in [2.45, 2.75) is 13.8 Å². The summed E-state index contributed by atoms with van der Waals surface area (Å²) in [6.07, 6.45) is 0. The Labute approximate surface area is 91.8 Å². The van der Waals surface area contributed by atoms with Gasteiger partial charge in [0.15, 0.2) is 0 Å². The van der Waals surface area contributed by atoms with E-state index in [0.717, 1.165) is 0 Å². The van der Waals surface area contributed by atoms with Gasteiger partial charge in [-0.1, -0.05) is 0 Å². The molecule has 0 spiro atoms. The van der Waals surface area contributed by atoms with E-state index >= 15 is 0 Å². The van der Waals surface area contributed by atoms with E-state index in [1.165, 1.54) is 13.8 Å². The minimum atomic E-state index is -0.562. The molecule has 0 unspecified atom stereocenters. The predicted octanol–water partition coefficient (Wildman–Crippen LogP) is 0.0910. The summed E-state index contributed by atoms with van der Waals surface area (Å²) in [4.78, 5) is 19.6. The Bertz CT molecular complexity index is 90.0. The maximum absolute atomic E-state index is 9.81. The van der Waals surface area contributed by atoms with Crippen molar-refractivity contribution in [2.24, 2.45) is 0 Å². The van der Waals surface area contributed by atoms with Gasteiger partial charge in [0.1, 0.15) is 0 Å². The monoisotopic (exact) mass is 282 g/mol. The zero-order valence-corrected chi connectivity index (χ0v) is 10.1. The molecule has 0 rings (SSSR count). The molecule has 3 nitrogen and oxygen atoms in total. The molecule has 0 aromatic rings. The van der Waals surface area contributed by atoms with Crippen LogP contribution in [0.4, 0.5) is 0 Å². The van der Waals surface area contributed by atoms with Gasteiger partial charge in [0, 0.05) is 66.3 Å². The molecule has 0 atom stereocenters. The summed E-state index contributed by atoms with van der Waals surface area (Å²) in [5.41, 5.74) is 0. The second kappa shape index (κ2) is 8.91. The first-order valence-corrected chi connectivity index (χ1v) is 1.82. The summed E-state index contributed by atoms with van der Waals surface area (Å²) in [7, 11) is 0. The molecule has 0 fully saturated rings. The molecule has 0 radical (unpaired) electrons. The molecule has 0 aliphatic heterocycles. The second-order valence-corrected chi connectivity index (χ2v) is 1.09. The number of ether oxygens (including phenoxy) is 1. The van der Waals surface area contributed by atoms with Crippen molar-refractivity contribution in [1.29, 1.82) is 0 Å². The fraction of sp³-hybridized carbons (Fsp3) is 0.500. The van der Waals surface area contributed by atoms with Crippen LogP contribution < -0.4 is 0 Å². The van der Waals surface area contributed by atoms with Crippen molar-refractivity contribution in [3.8, 4) is 0 Å². The number of hydrogen-bond donors (Lipinski definition) is 0. The molecule has 0 aliphatic rings. The average molecular weight is 285 g/mol. The number of carbonyl (C=O) groups is 2. The topological polar surface area (TPSA) is 43.4 Å². The van der Waals surface area contributed by atoms with Crippen LogP contribution >= 0.6 is 0 Å². The average Bonchev–Trinajstić information content (AvgIpc) is 1.27. The zero-order chi connectivity index (χ0) is 5.86. The van der Waals surface area contributed by atoms with Crippen LogP contribution in [0.25, 0.3) is 0 Å². The van der Waals surface area contributed by atoms with Gasteiger partial charge in [-0.05, 0) is 0 Å². The van der Waals surface area contributed by atoms with E-state index in [9.17, 15) is 9.59 Å². The first-order valence-electron chi connectivity index (χ1n) is 1.82. The first kappa shape index (κ1) is 16.5. The van der Waals surface area contributed by atoms with Gasteiger partial charge in [0.05, 0.1) is 0 Å². The SMILES string of the molecule is CC(=O)OC(C)=O.[Zr].[Zr]. The van der Waals surface area contributed by atoms with E-state index in [4.69, 9.17) is 0 Å². The van der Waals surface area contributed by atoms with E-state index in [-0.39, 0.29) is 52.4 Å².